The molecule has 3 aromatic rings. The van der Waals surface area contributed by atoms with E-state index >= 15 is 0 Å². The van der Waals surface area contributed by atoms with E-state index in [1.54, 1.807) is 67.6 Å². The fourth-order valence-electron chi connectivity index (χ4n) is 2.87. The van der Waals surface area contributed by atoms with Crippen LogP contribution >= 0.6 is 0 Å². The van der Waals surface area contributed by atoms with E-state index in [-0.39, 0.29) is 23.5 Å². The largest absolute Gasteiger partial charge is 0.456 e. The second kappa shape index (κ2) is 6.00. The number of aryl methyl sites for hydroxylation is 1. The molecule has 4 rings (SSSR count). The number of hydrogen-bond donors (Lipinski definition) is 1. The molecule has 0 bridgehead atoms. The van der Waals surface area contributed by atoms with Gasteiger partial charge in [-0.2, -0.15) is 0 Å². The van der Waals surface area contributed by atoms with E-state index in [2.05, 4.69) is 5.32 Å². The number of hydrogen-bond acceptors (Lipinski definition) is 4. The summed E-state index contributed by atoms with van der Waals surface area (Å²) in [5.74, 6) is -0.212. The summed E-state index contributed by atoms with van der Waals surface area (Å²) in [5.41, 5.74) is 1.76. The van der Waals surface area contributed by atoms with Crippen molar-refractivity contribution in [3.05, 3.63) is 83.3 Å². The number of carbonyl (C=O) groups excluding carboxylic acids is 3. The molecule has 0 radical (unpaired) electrons. The van der Waals surface area contributed by atoms with Crippen molar-refractivity contribution in [2.24, 2.45) is 0 Å². The van der Waals surface area contributed by atoms with E-state index in [0.29, 0.717) is 28.3 Å². The van der Waals surface area contributed by atoms with Crippen molar-refractivity contribution in [2.45, 2.75) is 6.92 Å². The molecule has 1 aromatic heterocycles. The summed E-state index contributed by atoms with van der Waals surface area (Å²) >= 11 is 0. The van der Waals surface area contributed by atoms with Gasteiger partial charge in [0.25, 0.3) is 17.7 Å². The van der Waals surface area contributed by atoms with Crippen molar-refractivity contribution in [2.75, 3.05) is 10.2 Å². The molecule has 0 unspecified atom stereocenters. The maximum atomic E-state index is 12.5. The van der Waals surface area contributed by atoms with Crippen LogP contribution in [0, 0.1) is 6.92 Å². The monoisotopic (exact) mass is 346 g/mol. The second-order valence-corrected chi connectivity index (χ2v) is 5.90. The van der Waals surface area contributed by atoms with Crippen LogP contribution in [0.3, 0.4) is 0 Å². The first-order valence-electron chi connectivity index (χ1n) is 8.00. The zero-order chi connectivity index (χ0) is 18.3. The molecule has 2 heterocycles. The van der Waals surface area contributed by atoms with Crippen LogP contribution in [0.5, 0.6) is 0 Å². The first-order valence-corrected chi connectivity index (χ1v) is 8.00. The van der Waals surface area contributed by atoms with E-state index in [0.717, 1.165) is 4.90 Å². The Morgan fingerprint density at radius 1 is 0.885 bits per heavy atom. The lowest BCUT2D eigenvalue weighted by Crippen LogP contribution is -2.29. The van der Waals surface area contributed by atoms with Crippen LogP contribution in [0.15, 0.2) is 65.1 Å². The van der Waals surface area contributed by atoms with Crippen LogP contribution in [0.1, 0.15) is 37.0 Å². The van der Waals surface area contributed by atoms with E-state index in [4.69, 9.17) is 4.42 Å². The highest BCUT2D eigenvalue weighted by Gasteiger charge is 2.36. The van der Waals surface area contributed by atoms with Gasteiger partial charge in [-0.25, -0.2) is 4.90 Å². The molecule has 0 atom stereocenters. The van der Waals surface area contributed by atoms with E-state index < -0.39 is 0 Å². The van der Waals surface area contributed by atoms with Crippen LogP contribution < -0.4 is 10.2 Å². The quantitative estimate of drug-likeness (QED) is 0.734. The Morgan fingerprint density at radius 3 is 2.04 bits per heavy atom. The van der Waals surface area contributed by atoms with E-state index in [9.17, 15) is 14.4 Å². The molecule has 0 saturated heterocycles. The van der Waals surface area contributed by atoms with Gasteiger partial charge in [0.1, 0.15) is 5.76 Å². The average Bonchev–Trinajstić information content (AvgIpc) is 3.19. The smallest absolute Gasteiger partial charge is 0.291 e. The minimum Gasteiger partial charge on any atom is -0.456 e. The summed E-state index contributed by atoms with van der Waals surface area (Å²) < 4.78 is 5.28. The van der Waals surface area contributed by atoms with Gasteiger partial charge in [0.2, 0.25) is 0 Å². The number of nitrogens with one attached hydrogen (secondary N) is 1. The van der Waals surface area contributed by atoms with Crippen LogP contribution in [-0.2, 0) is 0 Å². The summed E-state index contributed by atoms with van der Waals surface area (Å²) in [6.07, 6.45) is 0. The lowest BCUT2D eigenvalue weighted by atomic mass is 10.1. The molecule has 3 amide bonds. The first kappa shape index (κ1) is 15.8. The van der Waals surface area contributed by atoms with Crippen molar-refractivity contribution < 1.29 is 18.8 Å². The van der Waals surface area contributed by atoms with Crippen molar-refractivity contribution in [3.63, 3.8) is 0 Å². The zero-order valence-electron chi connectivity index (χ0n) is 13.9. The molecule has 6 heteroatoms. The Morgan fingerprint density at radius 2 is 1.50 bits per heavy atom. The molecule has 0 spiro atoms. The molecule has 0 fully saturated rings. The molecule has 1 aliphatic rings. The predicted molar refractivity (Wildman–Crippen MR) is 95.4 cm³/mol. The van der Waals surface area contributed by atoms with Gasteiger partial charge in [-0.3, -0.25) is 14.4 Å². The zero-order valence-corrected chi connectivity index (χ0v) is 13.9. The number of rotatable bonds is 3. The molecule has 2 aromatic carbocycles. The lowest BCUT2D eigenvalue weighted by Gasteiger charge is -2.14. The summed E-state index contributed by atoms with van der Waals surface area (Å²) in [7, 11) is 0. The fraction of sp³-hybridized carbons (Fsp3) is 0.0500. The molecule has 0 saturated carbocycles. The van der Waals surface area contributed by atoms with Gasteiger partial charge >= 0.3 is 0 Å². The Hall–Kier alpha value is -3.67. The van der Waals surface area contributed by atoms with Crippen molar-refractivity contribution in [1.82, 2.24) is 0 Å². The normalized spacial score (nSPS) is 13.0. The number of carbonyl (C=O) groups is 3. The maximum absolute atomic E-state index is 12.5. The predicted octanol–water partition coefficient (Wildman–Crippen LogP) is 3.64. The van der Waals surface area contributed by atoms with E-state index in [1.807, 2.05) is 0 Å². The Balaban J connectivity index is 1.54. The molecule has 1 aliphatic heterocycles. The summed E-state index contributed by atoms with van der Waals surface area (Å²) in [5, 5.41) is 2.71. The summed E-state index contributed by atoms with van der Waals surface area (Å²) in [6.45, 7) is 1.76. The van der Waals surface area contributed by atoms with Crippen molar-refractivity contribution >= 4 is 29.1 Å². The van der Waals surface area contributed by atoms with Crippen LogP contribution in [0.25, 0.3) is 0 Å². The van der Waals surface area contributed by atoms with Gasteiger partial charge in [-0.05, 0) is 55.5 Å². The van der Waals surface area contributed by atoms with Gasteiger partial charge in [-0.15, -0.1) is 0 Å². The van der Waals surface area contributed by atoms with Crippen molar-refractivity contribution in [3.8, 4) is 0 Å². The Labute approximate surface area is 149 Å². The minimum absolute atomic E-state index is 0.215. The third kappa shape index (κ3) is 2.57. The molecule has 0 aliphatic carbocycles. The van der Waals surface area contributed by atoms with Gasteiger partial charge in [0, 0.05) is 5.69 Å². The summed E-state index contributed by atoms with van der Waals surface area (Å²) in [6, 6.07) is 16.5. The molecule has 6 nitrogen and oxygen atoms in total. The number of imide groups is 1. The number of fused-ring (bicyclic) bond motifs is 1. The summed E-state index contributed by atoms with van der Waals surface area (Å²) in [4.78, 5) is 38.2. The lowest BCUT2D eigenvalue weighted by molar-refractivity contribution is 0.0924. The minimum atomic E-state index is -0.369. The number of anilines is 2. The Bertz CT molecular complexity index is 999. The number of benzene rings is 2. The Kier molecular flexibility index (Phi) is 3.65. The highest BCUT2D eigenvalue weighted by Crippen LogP contribution is 2.29. The van der Waals surface area contributed by atoms with Crippen molar-refractivity contribution in [1.29, 1.82) is 0 Å². The van der Waals surface area contributed by atoms with Gasteiger partial charge in [-0.1, -0.05) is 12.1 Å². The number of amides is 3. The third-order valence-electron chi connectivity index (χ3n) is 4.14. The van der Waals surface area contributed by atoms with E-state index in [1.165, 1.54) is 0 Å². The molecular formula is C20H14N2O4. The van der Waals surface area contributed by atoms with Gasteiger partial charge in [0.05, 0.1) is 16.8 Å². The second-order valence-electron chi connectivity index (χ2n) is 5.90. The highest BCUT2D eigenvalue weighted by molar-refractivity contribution is 6.34. The van der Waals surface area contributed by atoms with Crippen LogP contribution in [0.2, 0.25) is 0 Å². The molecule has 1 N–H and O–H groups in total. The number of nitrogens with zero attached hydrogens (tertiary/aromatic N) is 1. The topological polar surface area (TPSA) is 79.6 Å². The first-order chi connectivity index (χ1) is 12.5. The highest BCUT2D eigenvalue weighted by atomic mass is 16.3. The van der Waals surface area contributed by atoms with Gasteiger partial charge < -0.3 is 9.73 Å². The third-order valence-corrected chi connectivity index (χ3v) is 4.14. The average molecular weight is 346 g/mol. The molecule has 128 valence electrons. The molecular weight excluding hydrogens is 332 g/mol. The SMILES string of the molecule is Cc1ccc(C(=O)Nc2ccc(N3C(=O)c4ccccc4C3=O)cc2)o1. The van der Waals surface area contributed by atoms with Crippen LogP contribution in [-0.4, -0.2) is 17.7 Å². The standard InChI is InChI=1S/C20H14N2O4/c1-12-6-11-17(26-12)18(23)21-13-7-9-14(10-8-13)22-19(24)15-4-2-3-5-16(15)20(22)25/h2-11H,1H3,(H,21,23). The number of furan rings is 1. The fourth-order valence-corrected chi connectivity index (χ4v) is 2.87. The van der Waals surface area contributed by atoms with Crippen LogP contribution in [0.4, 0.5) is 11.4 Å². The molecule has 26 heavy (non-hydrogen) atoms. The maximum Gasteiger partial charge on any atom is 0.291 e. The van der Waals surface area contributed by atoms with Gasteiger partial charge in [0.15, 0.2) is 5.76 Å².